The third-order valence-corrected chi connectivity index (χ3v) is 4.93. The Labute approximate surface area is 164 Å². The Morgan fingerprint density at radius 2 is 1.89 bits per heavy atom. The second-order valence-corrected chi connectivity index (χ2v) is 7.05. The fourth-order valence-corrected chi connectivity index (χ4v) is 3.43. The molecule has 0 aliphatic carbocycles. The van der Waals surface area contributed by atoms with Crippen LogP contribution in [-0.2, 0) is 9.53 Å². The average molecular weight is 386 g/mol. The number of halogens is 1. The van der Waals surface area contributed by atoms with E-state index in [2.05, 4.69) is 22.3 Å². The van der Waals surface area contributed by atoms with E-state index in [0.717, 1.165) is 24.8 Å². The number of hydrogen-bond donors (Lipinski definition) is 1. The van der Waals surface area contributed by atoms with Crippen LogP contribution in [0.1, 0.15) is 64.0 Å². The summed E-state index contributed by atoms with van der Waals surface area (Å²) in [4.78, 5) is 17.1. The quantitative estimate of drug-likeness (QED) is 0.503. The van der Waals surface area contributed by atoms with Crippen molar-refractivity contribution in [1.29, 1.82) is 0 Å². The van der Waals surface area contributed by atoms with E-state index in [1.807, 2.05) is 6.92 Å². The second kappa shape index (κ2) is 9.48. The van der Waals surface area contributed by atoms with Gasteiger partial charge in [0.1, 0.15) is 18.2 Å². The number of nitrogens with one attached hydrogen (secondary N) is 1. The number of benzene rings is 1. The zero-order valence-corrected chi connectivity index (χ0v) is 16.4. The number of ether oxygens (including phenoxy) is 1. The summed E-state index contributed by atoms with van der Waals surface area (Å²) in [6.45, 7) is 4.40. The Kier molecular flexibility index (Phi) is 6.79. The summed E-state index contributed by atoms with van der Waals surface area (Å²) in [5.74, 6) is -0.169. The molecule has 0 saturated carbocycles. The molecule has 0 amide bonds. The minimum Gasteiger partial charge on any atom is -0.462 e. The van der Waals surface area contributed by atoms with Gasteiger partial charge in [0, 0.05) is 5.70 Å². The van der Waals surface area contributed by atoms with Crippen LogP contribution in [0.5, 0.6) is 0 Å². The van der Waals surface area contributed by atoms with Crippen molar-refractivity contribution in [2.24, 2.45) is 0 Å². The Bertz CT molecular complexity index is 829. The molecule has 0 bridgehead atoms. The van der Waals surface area contributed by atoms with Crippen molar-refractivity contribution in [3.05, 3.63) is 53.2 Å². The highest BCUT2D eigenvalue weighted by atomic mass is 19.1. The minimum absolute atomic E-state index is 0.329. The molecule has 1 aromatic carbocycles. The summed E-state index contributed by atoms with van der Waals surface area (Å²) >= 11 is 0. The van der Waals surface area contributed by atoms with Gasteiger partial charge in [0.25, 0.3) is 0 Å². The number of aromatic nitrogens is 3. The third kappa shape index (κ3) is 4.58. The number of anilines is 1. The molecule has 0 spiro atoms. The van der Waals surface area contributed by atoms with E-state index in [9.17, 15) is 9.18 Å². The van der Waals surface area contributed by atoms with Crippen molar-refractivity contribution in [1.82, 2.24) is 14.8 Å². The molecule has 3 rings (SSSR count). The molecule has 1 aromatic heterocycles. The molecule has 6 nitrogen and oxygen atoms in total. The topological polar surface area (TPSA) is 69.0 Å². The van der Waals surface area contributed by atoms with E-state index in [4.69, 9.17) is 4.74 Å². The van der Waals surface area contributed by atoms with Crippen LogP contribution in [0.4, 0.5) is 10.3 Å². The van der Waals surface area contributed by atoms with Gasteiger partial charge in [0.2, 0.25) is 5.95 Å². The van der Waals surface area contributed by atoms with E-state index >= 15 is 0 Å². The van der Waals surface area contributed by atoms with Crippen LogP contribution in [0.3, 0.4) is 0 Å². The first-order chi connectivity index (χ1) is 13.6. The zero-order valence-electron chi connectivity index (χ0n) is 16.4. The zero-order chi connectivity index (χ0) is 19.9. The van der Waals surface area contributed by atoms with E-state index in [0.29, 0.717) is 23.8 Å². The summed E-state index contributed by atoms with van der Waals surface area (Å²) in [5, 5.41) is 7.35. The van der Waals surface area contributed by atoms with Crippen LogP contribution in [0, 0.1) is 5.82 Å². The van der Waals surface area contributed by atoms with Crippen molar-refractivity contribution in [2.45, 2.75) is 58.4 Å². The van der Waals surface area contributed by atoms with Crippen molar-refractivity contribution in [3.8, 4) is 0 Å². The number of carbonyl (C=O) groups excluding carboxylic acids is 1. The van der Waals surface area contributed by atoms with Crippen molar-refractivity contribution in [2.75, 3.05) is 11.9 Å². The van der Waals surface area contributed by atoms with Crippen molar-refractivity contribution < 1.29 is 13.9 Å². The van der Waals surface area contributed by atoms with Gasteiger partial charge in [0.05, 0.1) is 12.2 Å². The van der Waals surface area contributed by atoms with Gasteiger partial charge >= 0.3 is 5.97 Å². The maximum Gasteiger partial charge on any atom is 0.338 e. The predicted octanol–water partition coefficient (Wildman–Crippen LogP) is 4.61. The number of allylic oxidation sites excluding steroid dienone is 1. The summed E-state index contributed by atoms with van der Waals surface area (Å²) in [6.07, 6.45) is 8.18. The molecule has 1 atom stereocenters. The van der Waals surface area contributed by atoms with Gasteiger partial charge in [-0.1, -0.05) is 51.2 Å². The number of unbranched alkanes of at least 4 members (excludes halogenated alkanes) is 5. The van der Waals surface area contributed by atoms with Crippen molar-refractivity contribution in [3.63, 3.8) is 0 Å². The lowest BCUT2D eigenvalue weighted by molar-refractivity contribution is -0.139. The van der Waals surface area contributed by atoms with Gasteiger partial charge in [-0.15, -0.1) is 0 Å². The SMILES string of the molecule is CCCCCCCCOC(=O)C1=C(C)Nc2ncnn2C1c1ccc(F)cc1. The number of esters is 1. The highest BCUT2D eigenvalue weighted by Gasteiger charge is 2.34. The van der Waals surface area contributed by atoms with Gasteiger partial charge in [-0.3, -0.25) is 0 Å². The Hall–Kier alpha value is -2.70. The molecular weight excluding hydrogens is 359 g/mol. The molecule has 1 unspecified atom stereocenters. The molecule has 1 N–H and O–H groups in total. The lowest BCUT2D eigenvalue weighted by atomic mass is 9.96. The normalized spacial score (nSPS) is 15.9. The number of nitrogens with zero attached hydrogens (tertiary/aromatic N) is 3. The molecule has 0 fully saturated rings. The third-order valence-electron chi connectivity index (χ3n) is 4.93. The second-order valence-electron chi connectivity index (χ2n) is 7.05. The Morgan fingerprint density at radius 1 is 1.18 bits per heavy atom. The minimum atomic E-state index is -0.503. The number of hydrogen-bond acceptors (Lipinski definition) is 5. The van der Waals surface area contributed by atoms with E-state index in [1.165, 1.54) is 37.7 Å². The molecule has 2 aromatic rings. The largest absolute Gasteiger partial charge is 0.462 e. The van der Waals surface area contributed by atoms with Crippen LogP contribution in [0.2, 0.25) is 0 Å². The molecule has 1 aliphatic rings. The van der Waals surface area contributed by atoms with Gasteiger partial charge in [0.15, 0.2) is 0 Å². The first kappa shape index (κ1) is 20.0. The van der Waals surface area contributed by atoms with Crippen LogP contribution in [-0.4, -0.2) is 27.3 Å². The van der Waals surface area contributed by atoms with Crippen molar-refractivity contribution >= 4 is 11.9 Å². The van der Waals surface area contributed by atoms with Gasteiger partial charge in [-0.05, 0) is 31.0 Å². The van der Waals surface area contributed by atoms with E-state index in [1.54, 1.807) is 16.8 Å². The molecule has 1 aliphatic heterocycles. The monoisotopic (exact) mass is 386 g/mol. The van der Waals surface area contributed by atoms with Crippen LogP contribution >= 0.6 is 0 Å². The first-order valence-electron chi connectivity index (χ1n) is 9.91. The maximum atomic E-state index is 13.4. The lowest BCUT2D eigenvalue weighted by Crippen LogP contribution is -2.29. The molecule has 7 heteroatoms. The maximum absolute atomic E-state index is 13.4. The Balaban J connectivity index is 1.72. The standard InChI is InChI=1S/C21H27FN4O2/c1-3-4-5-6-7-8-13-28-20(27)18-15(2)25-21-23-14-24-26(21)19(18)16-9-11-17(22)12-10-16/h9-12,14,19H,3-8,13H2,1-2H3,(H,23,24,25). The Morgan fingerprint density at radius 3 is 2.64 bits per heavy atom. The number of carbonyl (C=O) groups is 1. The average Bonchev–Trinajstić information content (AvgIpc) is 3.14. The molecule has 2 heterocycles. The summed E-state index contributed by atoms with van der Waals surface area (Å²) < 4.78 is 20.6. The number of rotatable bonds is 9. The lowest BCUT2D eigenvalue weighted by Gasteiger charge is -2.28. The van der Waals surface area contributed by atoms with Gasteiger partial charge in [-0.2, -0.15) is 10.1 Å². The molecule has 0 radical (unpaired) electrons. The summed E-state index contributed by atoms with van der Waals surface area (Å²) in [7, 11) is 0. The van der Waals surface area contributed by atoms with E-state index in [-0.39, 0.29) is 11.8 Å². The highest BCUT2D eigenvalue weighted by molar-refractivity contribution is 5.92. The van der Waals surface area contributed by atoms with Crippen LogP contribution in [0.25, 0.3) is 0 Å². The fraction of sp³-hybridized carbons (Fsp3) is 0.476. The van der Waals surface area contributed by atoms with Gasteiger partial charge < -0.3 is 10.1 Å². The van der Waals surface area contributed by atoms with Crippen LogP contribution in [0.15, 0.2) is 41.9 Å². The summed E-state index contributed by atoms with van der Waals surface area (Å²) in [5.41, 5.74) is 1.89. The molecule has 150 valence electrons. The smallest absolute Gasteiger partial charge is 0.338 e. The van der Waals surface area contributed by atoms with Gasteiger partial charge in [-0.25, -0.2) is 13.9 Å². The molecule has 0 saturated heterocycles. The van der Waals surface area contributed by atoms with Crippen LogP contribution < -0.4 is 5.32 Å². The predicted molar refractivity (Wildman–Crippen MR) is 105 cm³/mol. The first-order valence-corrected chi connectivity index (χ1v) is 9.91. The fourth-order valence-electron chi connectivity index (χ4n) is 3.43. The molecular formula is C21H27FN4O2. The summed E-state index contributed by atoms with van der Waals surface area (Å²) in [6, 6.07) is 5.57. The highest BCUT2D eigenvalue weighted by Crippen LogP contribution is 2.35. The van der Waals surface area contributed by atoms with E-state index < -0.39 is 6.04 Å². The number of fused-ring (bicyclic) bond motifs is 1. The molecule has 28 heavy (non-hydrogen) atoms.